The van der Waals surface area contributed by atoms with Gasteiger partial charge in [-0.3, -0.25) is 0 Å². The summed E-state index contributed by atoms with van der Waals surface area (Å²) in [7, 11) is 1.34. The predicted molar refractivity (Wildman–Crippen MR) is 46.0 cm³/mol. The second-order valence-corrected chi connectivity index (χ2v) is 2.66. The molecular weight excluding hydrogens is 156 g/mol. The summed E-state index contributed by atoms with van der Waals surface area (Å²) in [6.07, 6.45) is 0. The minimum Gasteiger partial charge on any atom is -0.465 e. The van der Waals surface area contributed by atoms with E-state index in [1.807, 2.05) is 13.8 Å². The molecule has 0 aromatic carbocycles. The van der Waals surface area contributed by atoms with Gasteiger partial charge in [-0.2, -0.15) is 0 Å². The van der Waals surface area contributed by atoms with Crippen molar-refractivity contribution in [3.05, 3.63) is 16.8 Å². The van der Waals surface area contributed by atoms with Crippen LogP contribution in [0.4, 0.5) is 5.82 Å². The summed E-state index contributed by atoms with van der Waals surface area (Å²) in [5.41, 5.74) is 7.74. The zero-order valence-electron chi connectivity index (χ0n) is 7.39. The molecule has 0 bridgehead atoms. The van der Waals surface area contributed by atoms with Crippen molar-refractivity contribution < 1.29 is 9.53 Å². The lowest BCUT2D eigenvalue weighted by atomic mass is 10.2. The smallest absolute Gasteiger partial charge is 0.341 e. The van der Waals surface area contributed by atoms with Gasteiger partial charge in [0.25, 0.3) is 0 Å². The molecule has 0 unspecified atom stereocenters. The Bertz CT molecular complexity index is 315. The molecule has 0 fully saturated rings. The molecule has 0 saturated carbocycles. The molecule has 0 aliphatic carbocycles. The second kappa shape index (κ2) is 2.89. The molecular formula is C8H12N2O2. The van der Waals surface area contributed by atoms with Crippen LogP contribution in [0.5, 0.6) is 0 Å². The number of hydrogen-bond acceptors (Lipinski definition) is 3. The molecule has 0 aliphatic rings. The molecule has 3 N–H and O–H groups in total. The van der Waals surface area contributed by atoms with Crippen molar-refractivity contribution in [2.45, 2.75) is 13.8 Å². The van der Waals surface area contributed by atoms with Crippen molar-refractivity contribution in [3.8, 4) is 0 Å². The number of anilines is 1. The average molecular weight is 168 g/mol. The summed E-state index contributed by atoms with van der Waals surface area (Å²) in [5, 5.41) is 0. The van der Waals surface area contributed by atoms with E-state index in [0.717, 1.165) is 11.3 Å². The fraction of sp³-hybridized carbons (Fsp3) is 0.375. The van der Waals surface area contributed by atoms with Crippen LogP contribution >= 0.6 is 0 Å². The molecule has 0 amide bonds. The summed E-state index contributed by atoms with van der Waals surface area (Å²) in [5.74, 6) is -0.0220. The molecule has 0 aliphatic heterocycles. The SMILES string of the molecule is COC(=O)c1c(N)[nH]c(C)c1C. The lowest BCUT2D eigenvalue weighted by molar-refractivity contribution is 0.0601. The number of nitrogens with one attached hydrogen (secondary N) is 1. The van der Waals surface area contributed by atoms with Gasteiger partial charge >= 0.3 is 5.97 Å². The zero-order chi connectivity index (χ0) is 9.30. The molecule has 0 spiro atoms. The Labute approximate surface area is 70.7 Å². The van der Waals surface area contributed by atoms with Gasteiger partial charge < -0.3 is 15.5 Å². The van der Waals surface area contributed by atoms with Crippen molar-refractivity contribution >= 4 is 11.8 Å². The maximum Gasteiger partial charge on any atom is 0.341 e. The van der Waals surface area contributed by atoms with E-state index in [1.165, 1.54) is 7.11 Å². The quantitative estimate of drug-likeness (QED) is 0.614. The van der Waals surface area contributed by atoms with Gasteiger partial charge in [0.15, 0.2) is 0 Å². The van der Waals surface area contributed by atoms with Crippen molar-refractivity contribution in [2.75, 3.05) is 12.8 Å². The maximum absolute atomic E-state index is 11.1. The number of methoxy groups -OCH3 is 1. The van der Waals surface area contributed by atoms with Gasteiger partial charge in [-0.05, 0) is 19.4 Å². The number of aryl methyl sites for hydroxylation is 1. The highest BCUT2D eigenvalue weighted by atomic mass is 16.5. The molecule has 12 heavy (non-hydrogen) atoms. The van der Waals surface area contributed by atoms with Gasteiger partial charge in [0.1, 0.15) is 11.4 Å². The average Bonchev–Trinajstić information content (AvgIpc) is 2.26. The van der Waals surface area contributed by atoms with E-state index in [-0.39, 0.29) is 0 Å². The second-order valence-electron chi connectivity index (χ2n) is 2.66. The summed E-state index contributed by atoms with van der Waals surface area (Å²) >= 11 is 0. The van der Waals surface area contributed by atoms with Crippen molar-refractivity contribution in [2.24, 2.45) is 0 Å². The maximum atomic E-state index is 11.1. The van der Waals surface area contributed by atoms with Crippen molar-refractivity contribution in [1.29, 1.82) is 0 Å². The minimum absolute atomic E-state index is 0.372. The highest BCUT2D eigenvalue weighted by Crippen LogP contribution is 2.19. The van der Waals surface area contributed by atoms with E-state index < -0.39 is 5.97 Å². The van der Waals surface area contributed by atoms with Gasteiger partial charge in [0.05, 0.1) is 7.11 Å². The summed E-state index contributed by atoms with van der Waals surface area (Å²) < 4.78 is 4.57. The molecule has 66 valence electrons. The number of hydrogen-bond donors (Lipinski definition) is 2. The number of carbonyl (C=O) groups excluding carboxylic acids is 1. The molecule has 0 radical (unpaired) electrons. The molecule has 0 atom stereocenters. The van der Waals surface area contributed by atoms with Gasteiger partial charge in [0, 0.05) is 5.69 Å². The van der Waals surface area contributed by atoms with Crippen LogP contribution in [0.15, 0.2) is 0 Å². The lowest BCUT2D eigenvalue weighted by Crippen LogP contribution is -2.04. The zero-order valence-corrected chi connectivity index (χ0v) is 7.39. The van der Waals surface area contributed by atoms with Crippen LogP contribution in [0.25, 0.3) is 0 Å². The molecule has 4 nitrogen and oxygen atoms in total. The number of nitrogen functional groups attached to an aromatic ring is 1. The number of aromatic nitrogens is 1. The Morgan fingerprint density at radius 2 is 2.08 bits per heavy atom. The predicted octanol–water partition coefficient (Wildman–Crippen LogP) is 1.00. The molecule has 4 heteroatoms. The van der Waals surface area contributed by atoms with Crippen LogP contribution in [-0.4, -0.2) is 18.1 Å². The summed E-state index contributed by atoms with van der Waals surface area (Å²) in [4.78, 5) is 14.0. The molecule has 1 rings (SSSR count). The van der Waals surface area contributed by atoms with E-state index >= 15 is 0 Å². The van der Waals surface area contributed by atoms with Crippen LogP contribution in [-0.2, 0) is 4.74 Å². The highest BCUT2D eigenvalue weighted by Gasteiger charge is 2.16. The van der Waals surface area contributed by atoms with Crippen LogP contribution in [0.2, 0.25) is 0 Å². The number of ether oxygens (including phenoxy) is 1. The lowest BCUT2D eigenvalue weighted by Gasteiger charge is -1.98. The fourth-order valence-corrected chi connectivity index (χ4v) is 1.11. The van der Waals surface area contributed by atoms with Crippen LogP contribution in [0.3, 0.4) is 0 Å². The first-order chi connectivity index (χ1) is 5.57. The van der Waals surface area contributed by atoms with Gasteiger partial charge in [-0.25, -0.2) is 4.79 Å². The third-order valence-corrected chi connectivity index (χ3v) is 1.92. The number of H-pyrrole nitrogens is 1. The third-order valence-electron chi connectivity index (χ3n) is 1.92. The van der Waals surface area contributed by atoms with E-state index in [1.54, 1.807) is 0 Å². The van der Waals surface area contributed by atoms with Crippen LogP contribution in [0, 0.1) is 13.8 Å². The third kappa shape index (κ3) is 1.15. The number of nitrogens with two attached hydrogens (primary N) is 1. The van der Waals surface area contributed by atoms with Gasteiger partial charge in [-0.1, -0.05) is 0 Å². The first-order valence-corrected chi connectivity index (χ1v) is 3.61. The first kappa shape index (κ1) is 8.64. The molecule has 1 aromatic heterocycles. The Kier molecular flexibility index (Phi) is 2.08. The monoisotopic (exact) mass is 168 g/mol. The first-order valence-electron chi connectivity index (χ1n) is 3.61. The van der Waals surface area contributed by atoms with Gasteiger partial charge in [0.2, 0.25) is 0 Å². The van der Waals surface area contributed by atoms with Crippen molar-refractivity contribution in [3.63, 3.8) is 0 Å². The number of carbonyl (C=O) groups is 1. The van der Waals surface area contributed by atoms with E-state index in [0.29, 0.717) is 11.4 Å². The standard InChI is InChI=1S/C8H12N2O2/c1-4-5(2)10-7(9)6(4)8(11)12-3/h10H,9H2,1-3H3. The van der Waals surface area contributed by atoms with E-state index in [4.69, 9.17) is 5.73 Å². The van der Waals surface area contributed by atoms with E-state index in [2.05, 4.69) is 9.72 Å². The van der Waals surface area contributed by atoms with Crippen LogP contribution in [0.1, 0.15) is 21.6 Å². The Morgan fingerprint density at radius 3 is 2.42 bits per heavy atom. The molecule has 0 saturated heterocycles. The molecule has 1 heterocycles. The van der Waals surface area contributed by atoms with Crippen molar-refractivity contribution in [1.82, 2.24) is 4.98 Å². The number of aromatic amines is 1. The number of rotatable bonds is 1. The molecule has 1 aromatic rings. The summed E-state index contributed by atoms with van der Waals surface area (Å²) in [6.45, 7) is 3.69. The normalized spacial score (nSPS) is 9.92. The Morgan fingerprint density at radius 1 is 1.50 bits per heavy atom. The highest BCUT2D eigenvalue weighted by molar-refractivity contribution is 5.96. The number of esters is 1. The fourth-order valence-electron chi connectivity index (χ4n) is 1.11. The Balaban J connectivity index is 3.22. The minimum atomic E-state index is -0.394. The van der Waals surface area contributed by atoms with E-state index in [9.17, 15) is 4.79 Å². The summed E-state index contributed by atoms with van der Waals surface area (Å²) in [6, 6.07) is 0. The van der Waals surface area contributed by atoms with Crippen LogP contribution < -0.4 is 5.73 Å². The van der Waals surface area contributed by atoms with Gasteiger partial charge in [-0.15, -0.1) is 0 Å². The largest absolute Gasteiger partial charge is 0.465 e. The Hall–Kier alpha value is -1.45. The topological polar surface area (TPSA) is 68.1 Å².